The molecule has 8 heteroatoms. The highest BCUT2D eigenvalue weighted by Gasteiger charge is 2.31. The topological polar surface area (TPSA) is 60.1 Å². The zero-order valence-electron chi connectivity index (χ0n) is 16.9. The minimum Gasteiger partial charge on any atom is -0.289 e. The molecule has 6 nitrogen and oxygen atoms in total. The maximum Gasteiger partial charge on any atom is 0.280 e. The van der Waals surface area contributed by atoms with E-state index in [0.29, 0.717) is 32.5 Å². The summed E-state index contributed by atoms with van der Waals surface area (Å²) in [6.07, 6.45) is 3.48. The number of hydrogen-bond donors (Lipinski definition) is 0. The zero-order chi connectivity index (χ0) is 21.6. The number of nitrogens with zero attached hydrogens (tertiary/aromatic N) is 4. The highest BCUT2D eigenvalue weighted by Crippen LogP contribution is 2.33. The molecular formula is C22H20N4O2S2. The molecule has 1 saturated heterocycles. The van der Waals surface area contributed by atoms with Crippen LogP contribution in [0, 0.1) is 20.8 Å². The quantitative estimate of drug-likeness (QED) is 0.354. The van der Waals surface area contributed by atoms with E-state index < -0.39 is 0 Å². The van der Waals surface area contributed by atoms with Gasteiger partial charge in [-0.3, -0.25) is 19.2 Å². The lowest BCUT2D eigenvalue weighted by Crippen LogP contribution is -2.30. The molecule has 0 spiro atoms. The molecule has 4 rings (SSSR count). The van der Waals surface area contributed by atoms with Crippen molar-refractivity contribution in [3.8, 4) is 0 Å². The average molecular weight is 437 g/mol. The number of thiocarbonyl (C=S) groups is 1. The second kappa shape index (κ2) is 7.70. The summed E-state index contributed by atoms with van der Waals surface area (Å²) in [6.45, 7) is 9.72. The number of hydrogen-bond acceptors (Lipinski definition) is 5. The summed E-state index contributed by atoms with van der Waals surface area (Å²) in [5.74, 6) is 0.458. The van der Waals surface area contributed by atoms with E-state index in [0.717, 1.165) is 17.0 Å². The van der Waals surface area contributed by atoms with E-state index >= 15 is 0 Å². The second-order valence-electron chi connectivity index (χ2n) is 7.01. The first-order chi connectivity index (χ1) is 14.3. The van der Waals surface area contributed by atoms with Crippen molar-refractivity contribution in [2.75, 3.05) is 6.54 Å². The maximum absolute atomic E-state index is 13.2. The molecule has 1 aliphatic rings. The number of thioether (sulfide) groups is 1. The normalized spacial score (nSPS) is 15.6. The summed E-state index contributed by atoms with van der Waals surface area (Å²) in [7, 11) is 0. The van der Waals surface area contributed by atoms with Crippen LogP contribution >= 0.6 is 24.0 Å². The van der Waals surface area contributed by atoms with Gasteiger partial charge in [-0.2, -0.15) is 4.68 Å². The van der Waals surface area contributed by atoms with Crippen molar-refractivity contribution in [1.29, 1.82) is 0 Å². The van der Waals surface area contributed by atoms with Gasteiger partial charge in [0.2, 0.25) is 0 Å². The predicted molar refractivity (Wildman–Crippen MR) is 126 cm³/mol. The SMILES string of the molecule is C=CCN1C(=O)C(=Cc2cc(C)n(-n3c(C)nc4ccccc4c3=O)c2C)SC1=S. The largest absolute Gasteiger partial charge is 0.289 e. The molecule has 30 heavy (non-hydrogen) atoms. The smallest absolute Gasteiger partial charge is 0.280 e. The van der Waals surface area contributed by atoms with Crippen LogP contribution in [-0.2, 0) is 4.79 Å². The van der Waals surface area contributed by atoms with Crippen LogP contribution in [0.3, 0.4) is 0 Å². The highest BCUT2D eigenvalue weighted by atomic mass is 32.2. The summed E-state index contributed by atoms with van der Waals surface area (Å²) < 4.78 is 3.94. The first kappa shape index (κ1) is 20.3. The molecule has 0 unspecified atom stereocenters. The van der Waals surface area contributed by atoms with Crippen LogP contribution in [0.4, 0.5) is 0 Å². The van der Waals surface area contributed by atoms with E-state index in [-0.39, 0.29) is 11.5 Å². The minimum absolute atomic E-state index is 0.129. The van der Waals surface area contributed by atoms with Gasteiger partial charge in [-0.25, -0.2) is 4.98 Å². The molecule has 0 aliphatic carbocycles. The van der Waals surface area contributed by atoms with Crippen molar-refractivity contribution in [3.63, 3.8) is 0 Å². The van der Waals surface area contributed by atoms with Gasteiger partial charge in [0.25, 0.3) is 11.5 Å². The second-order valence-corrected chi connectivity index (χ2v) is 8.69. The van der Waals surface area contributed by atoms with E-state index in [2.05, 4.69) is 11.6 Å². The number of rotatable bonds is 4. The lowest BCUT2D eigenvalue weighted by atomic mass is 10.2. The van der Waals surface area contributed by atoms with Gasteiger partial charge in [0.1, 0.15) is 10.1 Å². The molecule has 3 heterocycles. The van der Waals surface area contributed by atoms with Crippen molar-refractivity contribution in [2.24, 2.45) is 0 Å². The highest BCUT2D eigenvalue weighted by molar-refractivity contribution is 8.26. The molecule has 152 valence electrons. The summed E-state index contributed by atoms with van der Waals surface area (Å²) in [6, 6.07) is 9.26. The number of benzene rings is 1. The van der Waals surface area contributed by atoms with E-state index in [1.807, 2.05) is 55.8 Å². The Morgan fingerprint density at radius 2 is 1.90 bits per heavy atom. The zero-order valence-corrected chi connectivity index (χ0v) is 18.5. The van der Waals surface area contributed by atoms with Gasteiger partial charge in [-0.05, 0) is 50.6 Å². The van der Waals surface area contributed by atoms with E-state index in [9.17, 15) is 9.59 Å². The van der Waals surface area contributed by atoms with Gasteiger partial charge >= 0.3 is 0 Å². The molecule has 1 aliphatic heterocycles. The van der Waals surface area contributed by atoms with Gasteiger partial charge in [-0.15, -0.1) is 6.58 Å². The van der Waals surface area contributed by atoms with Gasteiger partial charge in [0.15, 0.2) is 0 Å². The number of para-hydroxylation sites is 1. The third-order valence-electron chi connectivity index (χ3n) is 5.02. The average Bonchev–Trinajstić information content (AvgIpc) is 3.13. The lowest BCUT2D eigenvalue weighted by molar-refractivity contribution is -0.121. The molecular weight excluding hydrogens is 416 g/mol. The molecule has 3 aromatic rings. The lowest BCUT2D eigenvalue weighted by Gasteiger charge is -2.16. The number of amides is 1. The summed E-state index contributed by atoms with van der Waals surface area (Å²) in [5, 5.41) is 0.558. The standard InChI is InChI=1S/C22H20N4O2S2/c1-5-10-24-21(28)19(30-22(24)29)12-16-11-13(2)25(14(16)3)26-15(4)23-18-9-7-6-8-17(18)20(26)27/h5-9,11-12H,1,10H2,2-4H3. The Kier molecular flexibility index (Phi) is 5.21. The van der Waals surface area contributed by atoms with Crippen LogP contribution in [-0.4, -0.2) is 36.0 Å². The Morgan fingerprint density at radius 1 is 1.17 bits per heavy atom. The fourth-order valence-electron chi connectivity index (χ4n) is 3.63. The van der Waals surface area contributed by atoms with E-state index in [4.69, 9.17) is 12.2 Å². The van der Waals surface area contributed by atoms with Crippen LogP contribution in [0.15, 0.2) is 52.7 Å². The summed E-state index contributed by atoms with van der Waals surface area (Å²) in [5.41, 5.74) is 3.09. The molecule has 1 aromatic carbocycles. The fraction of sp³-hybridized carbons (Fsp3) is 0.182. The number of aromatic nitrogens is 3. The molecule has 0 atom stereocenters. The first-order valence-electron chi connectivity index (χ1n) is 9.37. The maximum atomic E-state index is 13.2. The van der Waals surface area contributed by atoms with E-state index in [1.165, 1.54) is 16.7 Å². The Morgan fingerprint density at radius 3 is 2.63 bits per heavy atom. The fourth-order valence-corrected chi connectivity index (χ4v) is 4.90. The number of carbonyl (C=O) groups excluding carboxylic acids is 1. The van der Waals surface area contributed by atoms with E-state index in [1.54, 1.807) is 16.8 Å². The number of fused-ring (bicyclic) bond motifs is 1. The van der Waals surface area contributed by atoms with Crippen molar-refractivity contribution >= 4 is 51.2 Å². The first-order valence-corrected chi connectivity index (χ1v) is 10.6. The van der Waals surface area contributed by atoms with Gasteiger partial charge in [0.05, 0.1) is 15.8 Å². The summed E-state index contributed by atoms with van der Waals surface area (Å²) in [4.78, 5) is 32.6. The third-order valence-corrected chi connectivity index (χ3v) is 6.40. The monoisotopic (exact) mass is 436 g/mol. The predicted octanol–water partition coefficient (Wildman–Crippen LogP) is 3.82. The minimum atomic E-state index is -0.135. The Hall–Kier alpha value is -2.97. The van der Waals surface area contributed by atoms with Crippen molar-refractivity contribution in [2.45, 2.75) is 20.8 Å². The molecule has 0 radical (unpaired) electrons. The van der Waals surface area contributed by atoms with Gasteiger partial charge in [0, 0.05) is 17.9 Å². The molecule has 2 aromatic heterocycles. The van der Waals surface area contributed by atoms with Crippen LogP contribution < -0.4 is 5.56 Å². The Bertz CT molecular complexity index is 1320. The number of carbonyl (C=O) groups is 1. The van der Waals surface area contributed by atoms with Gasteiger partial charge < -0.3 is 0 Å². The summed E-state index contributed by atoms with van der Waals surface area (Å²) >= 11 is 6.59. The third kappa shape index (κ3) is 3.22. The Balaban J connectivity index is 1.84. The molecule has 0 N–H and O–H groups in total. The van der Waals surface area contributed by atoms with Crippen molar-refractivity contribution in [1.82, 2.24) is 19.2 Å². The number of aryl methyl sites for hydroxylation is 2. The molecule has 1 fully saturated rings. The van der Waals surface area contributed by atoms with Crippen LogP contribution in [0.5, 0.6) is 0 Å². The van der Waals surface area contributed by atoms with Crippen LogP contribution in [0.1, 0.15) is 22.8 Å². The van der Waals surface area contributed by atoms with Crippen molar-refractivity contribution in [3.05, 3.63) is 81.0 Å². The molecule has 0 bridgehead atoms. The molecule has 1 amide bonds. The van der Waals surface area contributed by atoms with Gasteiger partial charge in [-0.1, -0.05) is 42.2 Å². The molecule has 0 saturated carbocycles. The van der Waals surface area contributed by atoms with Crippen LogP contribution in [0.2, 0.25) is 0 Å². The van der Waals surface area contributed by atoms with Crippen LogP contribution in [0.25, 0.3) is 17.0 Å². The van der Waals surface area contributed by atoms with Crippen molar-refractivity contribution < 1.29 is 4.79 Å². The Labute approximate surface area is 183 Å².